The third kappa shape index (κ3) is 2.95. The molecule has 1 heterocycles. The van der Waals surface area contributed by atoms with Crippen LogP contribution in [0.1, 0.15) is 39.0 Å². The molecule has 0 bridgehead atoms. The molecule has 0 spiro atoms. The number of hydrogen-bond acceptors (Lipinski definition) is 3. The molecule has 1 rings (SSSR count). The van der Waals surface area contributed by atoms with E-state index < -0.39 is 18.1 Å². The van der Waals surface area contributed by atoms with E-state index in [9.17, 15) is 9.59 Å². The smallest absolute Gasteiger partial charge is 0.326 e. The van der Waals surface area contributed by atoms with Crippen LogP contribution >= 0.6 is 0 Å². The average Bonchev–Trinajstić information content (AvgIpc) is 2.28. The van der Waals surface area contributed by atoms with Crippen LogP contribution in [-0.2, 0) is 9.59 Å². The van der Waals surface area contributed by atoms with E-state index in [1.54, 1.807) is 0 Å². The van der Waals surface area contributed by atoms with Crippen molar-refractivity contribution in [2.45, 2.75) is 51.1 Å². The van der Waals surface area contributed by atoms with Gasteiger partial charge in [0.2, 0.25) is 5.91 Å². The molecule has 92 valence electrons. The van der Waals surface area contributed by atoms with Gasteiger partial charge >= 0.3 is 5.97 Å². The molecule has 0 aromatic rings. The lowest BCUT2D eigenvalue weighted by atomic mass is 10.0. The maximum atomic E-state index is 11.9. The van der Waals surface area contributed by atoms with Crippen molar-refractivity contribution in [3.05, 3.63) is 0 Å². The molecule has 5 nitrogen and oxygen atoms in total. The summed E-state index contributed by atoms with van der Waals surface area (Å²) in [7, 11) is 0. The van der Waals surface area contributed by atoms with E-state index in [-0.39, 0.29) is 5.91 Å². The van der Waals surface area contributed by atoms with E-state index in [4.69, 9.17) is 10.8 Å². The Kier molecular flexibility index (Phi) is 4.73. The molecule has 0 aromatic carbocycles. The Balaban J connectivity index is 2.67. The van der Waals surface area contributed by atoms with Gasteiger partial charge < -0.3 is 15.7 Å². The summed E-state index contributed by atoms with van der Waals surface area (Å²) >= 11 is 0. The summed E-state index contributed by atoms with van der Waals surface area (Å²) in [5, 5.41) is 9.03. The number of carbonyl (C=O) groups is 2. The molecule has 1 amide bonds. The number of nitrogens with zero attached hydrogens (tertiary/aromatic N) is 1. The minimum absolute atomic E-state index is 0.214. The maximum absolute atomic E-state index is 11.9. The minimum Gasteiger partial charge on any atom is -0.480 e. The van der Waals surface area contributed by atoms with Crippen molar-refractivity contribution >= 4 is 11.9 Å². The molecule has 5 heteroatoms. The van der Waals surface area contributed by atoms with Crippen LogP contribution in [0.5, 0.6) is 0 Å². The molecule has 16 heavy (non-hydrogen) atoms. The van der Waals surface area contributed by atoms with Crippen molar-refractivity contribution in [2.75, 3.05) is 6.54 Å². The topological polar surface area (TPSA) is 83.6 Å². The summed E-state index contributed by atoms with van der Waals surface area (Å²) in [5.74, 6) is -1.13. The summed E-state index contributed by atoms with van der Waals surface area (Å²) in [4.78, 5) is 24.4. The van der Waals surface area contributed by atoms with Crippen LogP contribution in [0.15, 0.2) is 0 Å². The maximum Gasteiger partial charge on any atom is 0.326 e. The third-order valence-corrected chi connectivity index (χ3v) is 2.99. The summed E-state index contributed by atoms with van der Waals surface area (Å²) in [6.45, 7) is 2.48. The van der Waals surface area contributed by atoms with Gasteiger partial charge in [-0.3, -0.25) is 4.79 Å². The standard InChI is InChI=1S/C11H20N2O3/c1-2-5-8(12)10(14)13-7-4-3-6-9(13)11(15)16/h8-9H,2-7,12H2,1H3,(H,15,16)/t8?,9-/m1/s1. The minimum atomic E-state index is -0.920. The third-order valence-electron chi connectivity index (χ3n) is 2.99. The van der Waals surface area contributed by atoms with Gasteiger partial charge in [-0.1, -0.05) is 13.3 Å². The van der Waals surface area contributed by atoms with Crippen LogP contribution in [0.4, 0.5) is 0 Å². The number of piperidine rings is 1. The highest BCUT2D eigenvalue weighted by Crippen LogP contribution is 2.18. The molecule has 0 aliphatic carbocycles. The lowest BCUT2D eigenvalue weighted by Crippen LogP contribution is -2.53. The second kappa shape index (κ2) is 5.84. The zero-order valence-corrected chi connectivity index (χ0v) is 9.69. The van der Waals surface area contributed by atoms with Gasteiger partial charge in [-0.25, -0.2) is 4.79 Å². The Hall–Kier alpha value is -1.10. The van der Waals surface area contributed by atoms with E-state index in [1.165, 1.54) is 4.90 Å². The quantitative estimate of drug-likeness (QED) is 0.737. The average molecular weight is 228 g/mol. The number of carboxylic acids is 1. The number of carboxylic acid groups (broad SMARTS) is 1. The van der Waals surface area contributed by atoms with Gasteiger partial charge in [-0.2, -0.15) is 0 Å². The van der Waals surface area contributed by atoms with Gasteiger partial charge in [-0.05, 0) is 25.7 Å². The molecule has 1 unspecified atom stereocenters. The number of nitrogens with two attached hydrogens (primary N) is 1. The number of rotatable bonds is 4. The van der Waals surface area contributed by atoms with Crippen molar-refractivity contribution in [3.8, 4) is 0 Å². The predicted octanol–water partition coefficient (Wildman–Crippen LogP) is 0.579. The van der Waals surface area contributed by atoms with E-state index >= 15 is 0 Å². The molecule has 2 atom stereocenters. The SMILES string of the molecule is CCCC(N)C(=O)N1CCCC[C@@H]1C(=O)O. The van der Waals surface area contributed by atoms with Gasteiger partial charge in [0, 0.05) is 6.54 Å². The van der Waals surface area contributed by atoms with E-state index in [0.717, 1.165) is 19.3 Å². The fourth-order valence-electron chi connectivity index (χ4n) is 2.10. The van der Waals surface area contributed by atoms with Crippen molar-refractivity contribution < 1.29 is 14.7 Å². The van der Waals surface area contributed by atoms with Gasteiger partial charge in [-0.15, -0.1) is 0 Å². The molecular formula is C11H20N2O3. The van der Waals surface area contributed by atoms with Crippen LogP contribution < -0.4 is 5.73 Å². The van der Waals surface area contributed by atoms with Gasteiger partial charge in [0.15, 0.2) is 0 Å². The number of hydrogen-bond donors (Lipinski definition) is 2. The van der Waals surface area contributed by atoms with Crippen LogP contribution in [0.3, 0.4) is 0 Å². The van der Waals surface area contributed by atoms with Crippen LogP contribution in [-0.4, -0.2) is 40.5 Å². The second-order valence-electron chi connectivity index (χ2n) is 4.28. The molecule has 1 saturated heterocycles. The lowest BCUT2D eigenvalue weighted by Gasteiger charge is -2.34. The summed E-state index contributed by atoms with van der Waals surface area (Å²) in [5.41, 5.74) is 5.74. The molecule has 1 aliphatic heterocycles. The fourth-order valence-corrected chi connectivity index (χ4v) is 2.10. The molecule has 0 saturated carbocycles. The van der Waals surface area contributed by atoms with E-state index in [1.807, 2.05) is 6.92 Å². The Morgan fingerprint density at radius 1 is 1.50 bits per heavy atom. The van der Waals surface area contributed by atoms with Crippen LogP contribution in [0.2, 0.25) is 0 Å². The Bertz CT molecular complexity index is 268. The lowest BCUT2D eigenvalue weighted by molar-refractivity contribution is -0.152. The first kappa shape index (κ1) is 13.0. The summed E-state index contributed by atoms with van der Waals surface area (Å²) in [6.07, 6.45) is 3.72. The number of aliphatic carboxylic acids is 1. The van der Waals surface area contributed by atoms with Crippen molar-refractivity contribution in [3.63, 3.8) is 0 Å². The van der Waals surface area contributed by atoms with Crippen molar-refractivity contribution in [1.29, 1.82) is 0 Å². The highest BCUT2D eigenvalue weighted by molar-refractivity contribution is 5.87. The first-order chi connectivity index (χ1) is 7.57. The summed E-state index contributed by atoms with van der Waals surface area (Å²) < 4.78 is 0. The summed E-state index contributed by atoms with van der Waals surface area (Å²) in [6, 6.07) is -1.23. The molecule has 1 fully saturated rings. The fraction of sp³-hybridized carbons (Fsp3) is 0.818. The zero-order chi connectivity index (χ0) is 12.1. The highest BCUT2D eigenvalue weighted by Gasteiger charge is 2.33. The van der Waals surface area contributed by atoms with Crippen LogP contribution in [0.25, 0.3) is 0 Å². The van der Waals surface area contributed by atoms with Gasteiger partial charge in [0.25, 0.3) is 0 Å². The largest absolute Gasteiger partial charge is 0.480 e. The normalized spacial score (nSPS) is 22.9. The molecule has 3 N–H and O–H groups in total. The Morgan fingerprint density at radius 3 is 2.75 bits per heavy atom. The Morgan fingerprint density at radius 2 is 2.19 bits per heavy atom. The van der Waals surface area contributed by atoms with E-state index in [0.29, 0.717) is 19.4 Å². The molecular weight excluding hydrogens is 208 g/mol. The first-order valence-electron chi connectivity index (χ1n) is 5.86. The monoisotopic (exact) mass is 228 g/mol. The number of carbonyl (C=O) groups excluding carboxylic acids is 1. The number of likely N-dealkylation sites (tertiary alicyclic amines) is 1. The molecule has 0 radical (unpaired) electrons. The molecule has 0 aromatic heterocycles. The van der Waals surface area contributed by atoms with Crippen LogP contribution in [0, 0.1) is 0 Å². The first-order valence-corrected chi connectivity index (χ1v) is 5.86. The Labute approximate surface area is 95.6 Å². The van der Waals surface area contributed by atoms with E-state index in [2.05, 4.69) is 0 Å². The van der Waals surface area contributed by atoms with Gasteiger partial charge in [0.05, 0.1) is 6.04 Å². The number of amides is 1. The van der Waals surface area contributed by atoms with Crippen molar-refractivity contribution in [1.82, 2.24) is 4.90 Å². The van der Waals surface area contributed by atoms with Gasteiger partial charge in [0.1, 0.15) is 6.04 Å². The zero-order valence-electron chi connectivity index (χ0n) is 9.69. The molecule has 1 aliphatic rings. The van der Waals surface area contributed by atoms with Crippen molar-refractivity contribution in [2.24, 2.45) is 5.73 Å². The highest BCUT2D eigenvalue weighted by atomic mass is 16.4. The predicted molar refractivity (Wildman–Crippen MR) is 59.9 cm³/mol. The second-order valence-corrected chi connectivity index (χ2v) is 4.28.